The summed E-state index contributed by atoms with van der Waals surface area (Å²) in [7, 11) is -2.08. The van der Waals surface area contributed by atoms with Gasteiger partial charge in [-0.15, -0.1) is 0 Å². The highest BCUT2D eigenvalue weighted by molar-refractivity contribution is 7.91. The van der Waals surface area contributed by atoms with E-state index in [4.69, 9.17) is 0 Å². The second-order valence-corrected chi connectivity index (χ2v) is 8.87. The lowest BCUT2D eigenvalue weighted by Crippen LogP contribution is -2.40. The molecular formula is C21H25FN4O2S. The van der Waals surface area contributed by atoms with Gasteiger partial charge in [0, 0.05) is 37.2 Å². The smallest absolute Gasteiger partial charge is 0.191 e. The molecule has 0 spiro atoms. The number of fused-ring (bicyclic) bond motifs is 1. The molecule has 154 valence electrons. The van der Waals surface area contributed by atoms with Gasteiger partial charge in [0.1, 0.15) is 10.7 Å². The number of nitrogens with one attached hydrogen (secondary N) is 3. The molecule has 1 aromatic heterocycles. The van der Waals surface area contributed by atoms with Crippen molar-refractivity contribution in [3.63, 3.8) is 0 Å². The Morgan fingerprint density at radius 3 is 2.66 bits per heavy atom. The molecule has 3 rings (SSSR count). The number of benzene rings is 2. The molecule has 3 N–H and O–H groups in total. The lowest BCUT2D eigenvalue weighted by atomic mass is 10.1. The number of hydrogen-bond donors (Lipinski definition) is 3. The van der Waals surface area contributed by atoms with E-state index in [0.717, 1.165) is 18.0 Å². The Morgan fingerprint density at radius 1 is 1.14 bits per heavy atom. The summed E-state index contributed by atoms with van der Waals surface area (Å²) >= 11 is 0. The summed E-state index contributed by atoms with van der Waals surface area (Å²) in [6.07, 6.45) is 2.79. The maximum atomic E-state index is 13.7. The molecule has 0 saturated carbocycles. The second-order valence-electron chi connectivity index (χ2n) is 6.79. The van der Waals surface area contributed by atoms with E-state index in [1.165, 1.54) is 34.7 Å². The second kappa shape index (κ2) is 9.09. The molecule has 0 aliphatic rings. The van der Waals surface area contributed by atoms with E-state index in [0.29, 0.717) is 12.5 Å². The van der Waals surface area contributed by atoms with Crippen LogP contribution in [0.25, 0.3) is 10.9 Å². The number of rotatable bonds is 7. The van der Waals surface area contributed by atoms with Crippen molar-refractivity contribution >= 4 is 26.7 Å². The summed E-state index contributed by atoms with van der Waals surface area (Å²) in [5.41, 5.74) is 3.52. The molecular weight excluding hydrogens is 391 g/mol. The van der Waals surface area contributed by atoms with Gasteiger partial charge in [0.15, 0.2) is 15.8 Å². The van der Waals surface area contributed by atoms with Crippen molar-refractivity contribution in [2.24, 2.45) is 4.99 Å². The number of aryl methyl sites for hydroxylation is 1. The molecule has 8 heteroatoms. The average Bonchev–Trinajstić information content (AvgIpc) is 3.08. The molecule has 0 bridgehead atoms. The Labute approximate surface area is 170 Å². The van der Waals surface area contributed by atoms with Crippen LogP contribution < -0.4 is 10.6 Å². The van der Waals surface area contributed by atoms with E-state index in [1.54, 1.807) is 7.05 Å². The third kappa shape index (κ3) is 5.14. The summed E-state index contributed by atoms with van der Waals surface area (Å²) in [5.74, 6) is -0.454. The third-order valence-electron chi connectivity index (χ3n) is 4.67. The van der Waals surface area contributed by atoms with Gasteiger partial charge >= 0.3 is 0 Å². The van der Waals surface area contributed by atoms with E-state index in [1.807, 2.05) is 6.20 Å². The van der Waals surface area contributed by atoms with Gasteiger partial charge in [-0.05, 0) is 42.7 Å². The molecule has 0 amide bonds. The fourth-order valence-electron chi connectivity index (χ4n) is 3.15. The van der Waals surface area contributed by atoms with Gasteiger partial charge in [-0.1, -0.05) is 24.3 Å². The highest BCUT2D eigenvalue weighted by atomic mass is 32.2. The Morgan fingerprint density at radius 2 is 1.90 bits per heavy atom. The SMILES string of the molecule is CN=C(NCCc1c[nH]c2cc(C)ccc12)NCCS(=O)(=O)c1ccccc1F. The van der Waals surface area contributed by atoms with E-state index in [9.17, 15) is 12.8 Å². The molecule has 29 heavy (non-hydrogen) atoms. The van der Waals surface area contributed by atoms with Gasteiger partial charge in [0.25, 0.3) is 0 Å². The summed E-state index contributed by atoms with van der Waals surface area (Å²) in [4.78, 5) is 7.11. The average molecular weight is 417 g/mol. The van der Waals surface area contributed by atoms with Crippen molar-refractivity contribution in [1.29, 1.82) is 0 Å². The van der Waals surface area contributed by atoms with Crippen LogP contribution in [0.15, 0.2) is 58.5 Å². The number of aromatic amines is 1. The van der Waals surface area contributed by atoms with E-state index in [-0.39, 0.29) is 17.2 Å². The molecule has 0 aliphatic carbocycles. The number of hydrogen-bond acceptors (Lipinski definition) is 3. The monoisotopic (exact) mass is 416 g/mol. The first kappa shape index (κ1) is 20.9. The zero-order valence-corrected chi connectivity index (χ0v) is 17.3. The van der Waals surface area contributed by atoms with Crippen LogP contribution >= 0.6 is 0 Å². The molecule has 2 aromatic carbocycles. The summed E-state index contributed by atoms with van der Waals surface area (Å²) in [6.45, 7) is 2.83. The van der Waals surface area contributed by atoms with Crippen molar-refractivity contribution in [2.45, 2.75) is 18.2 Å². The molecule has 0 radical (unpaired) electrons. The van der Waals surface area contributed by atoms with Gasteiger partial charge in [-0.25, -0.2) is 12.8 Å². The van der Waals surface area contributed by atoms with Crippen LogP contribution in [0.2, 0.25) is 0 Å². The van der Waals surface area contributed by atoms with Crippen LogP contribution in [-0.2, 0) is 16.3 Å². The zero-order chi connectivity index (χ0) is 20.9. The molecule has 0 saturated heterocycles. The normalized spacial score (nSPS) is 12.3. The minimum Gasteiger partial charge on any atom is -0.361 e. The first-order valence-corrected chi connectivity index (χ1v) is 11.0. The largest absolute Gasteiger partial charge is 0.361 e. The van der Waals surface area contributed by atoms with Crippen LogP contribution in [0, 0.1) is 12.7 Å². The van der Waals surface area contributed by atoms with Gasteiger partial charge in [-0.2, -0.15) is 0 Å². The Hall–Kier alpha value is -2.87. The van der Waals surface area contributed by atoms with Gasteiger partial charge in [0.05, 0.1) is 5.75 Å². The van der Waals surface area contributed by atoms with E-state index < -0.39 is 15.7 Å². The molecule has 6 nitrogen and oxygen atoms in total. The summed E-state index contributed by atoms with van der Waals surface area (Å²) in [5, 5.41) is 7.34. The quantitative estimate of drug-likeness (QED) is 0.408. The highest BCUT2D eigenvalue weighted by Gasteiger charge is 2.18. The maximum Gasteiger partial charge on any atom is 0.191 e. The topological polar surface area (TPSA) is 86.3 Å². The van der Waals surface area contributed by atoms with Crippen molar-refractivity contribution < 1.29 is 12.8 Å². The van der Waals surface area contributed by atoms with Crippen LogP contribution in [0.5, 0.6) is 0 Å². The number of aliphatic imine (C=N–C) groups is 1. The number of aromatic nitrogens is 1. The summed E-state index contributed by atoms with van der Waals surface area (Å²) < 4.78 is 38.3. The fourth-order valence-corrected chi connectivity index (χ4v) is 4.40. The molecule has 0 fully saturated rings. The fraction of sp³-hybridized carbons (Fsp3) is 0.286. The Balaban J connectivity index is 1.50. The Bertz CT molecular complexity index is 1120. The Kier molecular flexibility index (Phi) is 6.53. The standard InChI is InChI=1S/C21H25FN4O2S/c1-15-7-8-17-16(14-26-19(17)13-15)9-10-24-21(23-2)25-11-12-29(27,28)20-6-4-3-5-18(20)22/h3-8,13-14,26H,9-12H2,1-2H3,(H2,23,24,25). The predicted molar refractivity (Wildman–Crippen MR) is 115 cm³/mol. The zero-order valence-electron chi connectivity index (χ0n) is 16.5. The minimum atomic E-state index is -3.70. The number of nitrogens with zero attached hydrogens (tertiary/aromatic N) is 1. The number of H-pyrrole nitrogens is 1. The van der Waals surface area contributed by atoms with Crippen LogP contribution in [0.1, 0.15) is 11.1 Å². The molecule has 0 aliphatic heterocycles. The van der Waals surface area contributed by atoms with Crippen LogP contribution in [0.3, 0.4) is 0 Å². The molecule has 3 aromatic rings. The lowest BCUT2D eigenvalue weighted by molar-refractivity contribution is 0.566. The first-order valence-electron chi connectivity index (χ1n) is 9.39. The van der Waals surface area contributed by atoms with E-state index >= 15 is 0 Å². The van der Waals surface area contributed by atoms with Crippen molar-refractivity contribution in [1.82, 2.24) is 15.6 Å². The van der Waals surface area contributed by atoms with Crippen LogP contribution in [-0.4, -0.2) is 45.3 Å². The number of sulfone groups is 1. The number of halogens is 1. The lowest BCUT2D eigenvalue weighted by Gasteiger charge is -2.12. The van der Waals surface area contributed by atoms with E-state index in [2.05, 4.69) is 45.7 Å². The molecule has 1 heterocycles. The first-order chi connectivity index (χ1) is 13.9. The minimum absolute atomic E-state index is 0.128. The van der Waals surface area contributed by atoms with Crippen molar-refractivity contribution in [2.75, 3.05) is 25.9 Å². The predicted octanol–water partition coefficient (Wildman–Crippen LogP) is 2.80. The third-order valence-corrected chi connectivity index (χ3v) is 6.41. The van der Waals surface area contributed by atoms with Gasteiger partial charge < -0.3 is 15.6 Å². The molecule has 0 atom stereocenters. The van der Waals surface area contributed by atoms with Crippen molar-refractivity contribution in [3.8, 4) is 0 Å². The summed E-state index contributed by atoms with van der Waals surface area (Å²) in [6, 6.07) is 11.7. The van der Waals surface area contributed by atoms with Gasteiger partial charge in [-0.3, -0.25) is 4.99 Å². The van der Waals surface area contributed by atoms with Crippen molar-refractivity contribution in [3.05, 3.63) is 65.6 Å². The number of guanidine groups is 1. The van der Waals surface area contributed by atoms with Crippen LogP contribution in [0.4, 0.5) is 4.39 Å². The molecule has 0 unspecified atom stereocenters. The van der Waals surface area contributed by atoms with Gasteiger partial charge in [0.2, 0.25) is 0 Å². The maximum absolute atomic E-state index is 13.7. The highest BCUT2D eigenvalue weighted by Crippen LogP contribution is 2.19.